The van der Waals surface area contributed by atoms with Crippen LogP contribution in [0, 0.1) is 5.92 Å². The Morgan fingerprint density at radius 3 is 2.59 bits per heavy atom. The molecule has 1 spiro atoms. The molecule has 3 aliphatic rings. The first-order chi connectivity index (χ1) is 15.5. The SMILES string of the molecule is CC[C@H](C)[C@@H]1NC(=O)C2(CCN(Cc3ccc4c(c3)OCCO4)CC2)N(CCOC)C1=O. The highest BCUT2D eigenvalue weighted by Crippen LogP contribution is 2.36. The molecule has 0 bridgehead atoms. The number of fused-ring (bicyclic) bond motifs is 1. The molecule has 2 amide bonds. The van der Waals surface area contributed by atoms with Crippen molar-refractivity contribution in [1.82, 2.24) is 15.1 Å². The summed E-state index contributed by atoms with van der Waals surface area (Å²) in [6.45, 7) is 8.34. The second-order valence-corrected chi connectivity index (χ2v) is 9.11. The van der Waals surface area contributed by atoms with Crippen LogP contribution in [-0.4, -0.2) is 79.8 Å². The van der Waals surface area contributed by atoms with Crippen molar-refractivity contribution >= 4 is 11.8 Å². The van der Waals surface area contributed by atoms with Crippen molar-refractivity contribution in [1.29, 1.82) is 0 Å². The molecular formula is C24H35N3O5. The molecule has 3 heterocycles. The Hall–Kier alpha value is -2.32. The van der Waals surface area contributed by atoms with E-state index in [4.69, 9.17) is 14.2 Å². The molecule has 1 aromatic rings. The number of hydrogen-bond donors (Lipinski definition) is 1. The van der Waals surface area contributed by atoms with Crippen LogP contribution in [0.4, 0.5) is 0 Å². The van der Waals surface area contributed by atoms with E-state index in [2.05, 4.69) is 16.3 Å². The Labute approximate surface area is 190 Å². The van der Waals surface area contributed by atoms with Crippen LogP contribution >= 0.6 is 0 Å². The zero-order valence-electron chi connectivity index (χ0n) is 19.4. The van der Waals surface area contributed by atoms with E-state index in [0.29, 0.717) is 39.2 Å². The van der Waals surface area contributed by atoms with E-state index >= 15 is 0 Å². The monoisotopic (exact) mass is 445 g/mol. The summed E-state index contributed by atoms with van der Waals surface area (Å²) < 4.78 is 16.6. The molecule has 0 aliphatic carbocycles. The minimum atomic E-state index is -0.789. The van der Waals surface area contributed by atoms with Gasteiger partial charge in [0.05, 0.1) is 6.61 Å². The summed E-state index contributed by atoms with van der Waals surface area (Å²) in [7, 11) is 1.63. The number of piperidine rings is 1. The third-order valence-electron chi connectivity index (χ3n) is 7.19. The highest BCUT2D eigenvalue weighted by Gasteiger charge is 2.54. The lowest BCUT2D eigenvalue weighted by atomic mass is 9.80. The predicted molar refractivity (Wildman–Crippen MR) is 120 cm³/mol. The van der Waals surface area contributed by atoms with E-state index < -0.39 is 11.6 Å². The molecule has 3 aliphatic heterocycles. The van der Waals surface area contributed by atoms with Gasteiger partial charge in [0, 0.05) is 33.3 Å². The average Bonchev–Trinajstić information content (AvgIpc) is 2.82. The molecule has 0 aromatic heterocycles. The highest BCUT2D eigenvalue weighted by atomic mass is 16.6. The van der Waals surface area contributed by atoms with Gasteiger partial charge in [0.25, 0.3) is 0 Å². The average molecular weight is 446 g/mol. The highest BCUT2D eigenvalue weighted by molar-refractivity contribution is 6.00. The van der Waals surface area contributed by atoms with Gasteiger partial charge in [-0.15, -0.1) is 0 Å². The van der Waals surface area contributed by atoms with Crippen LogP contribution in [0.15, 0.2) is 18.2 Å². The zero-order chi connectivity index (χ0) is 22.7. The number of nitrogens with zero attached hydrogens (tertiary/aromatic N) is 2. The minimum Gasteiger partial charge on any atom is -0.486 e. The van der Waals surface area contributed by atoms with Crippen LogP contribution in [0.25, 0.3) is 0 Å². The van der Waals surface area contributed by atoms with Gasteiger partial charge in [-0.05, 0) is 36.5 Å². The van der Waals surface area contributed by atoms with Crippen molar-refractivity contribution in [3.63, 3.8) is 0 Å². The van der Waals surface area contributed by atoms with Gasteiger partial charge in [-0.2, -0.15) is 0 Å². The third kappa shape index (κ3) is 4.30. The number of methoxy groups -OCH3 is 1. The lowest BCUT2D eigenvalue weighted by Gasteiger charge is -2.52. The van der Waals surface area contributed by atoms with Crippen molar-refractivity contribution in [2.45, 2.75) is 51.2 Å². The van der Waals surface area contributed by atoms with Gasteiger partial charge in [-0.25, -0.2) is 0 Å². The molecule has 2 saturated heterocycles. The Morgan fingerprint density at radius 2 is 1.91 bits per heavy atom. The van der Waals surface area contributed by atoms with E-state index in [9.17, 15) is 9.59 Å². The van der Waals surface area contributed by atoms with E-state index in [1.807, 2.05) is 30.9 Å². The van der Waals surface area contributed by atoms with Crippen LogP contribution in [0.3, 0.4) is 0 Å². The quantitative estimate of drug-likeness (QED) is 0.690. The fraction of sp³-hybridized carbons (Fsp3) is 0.667. The summed E-state index contributed by atoms with van der Waals surface area (Å²) in [6, 6.07) is 5.61. The lowest BCUT2D eigenvalue weighted by Crippen LogP contribution is -2.74. The number of hydrogen-bond acceptors (Lipinski definition) is 6. The Bertz CT molecular complexity index is 837. The molecule has 1 aromatic carbocycles. The van der Waals surface area contributed by atoms with Crippen molar-refractivity contribution in [3.05, 3.63) is 23.8 Å². The van der Waals surface area contributed by atoms with Gasteiger partial charge in [0.2, 0.25) is 11.8 Å². The molecule has 1 N–H and O–H groups in total. The molecule has 2 atom stereocenters. The standard InChI is InChI=1S/C24H35N3O5/c1-4-17(2)21-22(28)27(11-12-30-3)24(23(29)25-21)7-9-26(10-8-24)16-18-5-6-19-20(15-18)32-14-13-31-19/h5-6,15,17,21H,4,7-14,16H2,1-3H3,(H,25,29)/t17-,21-/m0/s1. The number of benzene rings is 1. The number of nitrogens with one attached hydrogen (secondary N) is 1. The largest absolute Gasteiger partial charge is 0.486 e. The summed E-state index contributed by atoms with van der Waals surface area (Å²) in [5.41, 5.74) is 0.366. The number of carbonyl (C=O) groups excluding carboxylic acids is 2. The fourth-order valence-corrected chi connectivity index (χ4v) is 4.99. The van der Waals surface area contributed by atoms with Crippen LogP contribution < -0.4 is 14.8 Å². The molecule has 8 heteroatoms. The Kier molecular flexibility index (Phi) is 6.90. The number of amides is 2. The second kappa shape index (κ2) is 9.67. The molecule has 8 nitrogen and oxygen atoms in total. The summed E-state index contributed by atoms with van der Waals surface area (Å²) in [6.07, 6.45) is 2.07. The van der Waals surface area contributed by atoms with E-state index in [0.717, 1.165) is 43.1 Å². The summed E-state index contributed by atoms with van der Waals surface area (Å²) >= 11 is 0. The minimum absolute atomic E-state index is 0.0162. The molecule has 176 valence electrons. The Balaban J connectivity index is 1.46. The lowest BCUT2D eigenvalue weighted by molar-refractivity contribution is -0.163. The van der Waals surface area contributed by atoms with Crippen molar-refractivity contribution in [3.8, 4) is 11.5 Å². The topological polar surface area (TPSA) is 80.3 Å². The number of carbonyl (C=O) groups is 2. The fourth-order valence-electron chi connectivity index (χ4n) is 4.99. The van der Waals surface area contributed by atoms with Gasteiger partial charge < -0.3 is 24.4 Å². The third-order valence-corrected chi connectivity index (χ3v) is 7.19. The first-order valence-corrected chi connectivity index (χ1v) is 11.7. The normalized spacial score (nSPS) is 23.8. The maximum atomic E-state index is 13.4. The van der Waals surface area contributed by atoms with Gasteiger partial charge in [-0.1, -0.05) is 26.3 Å². The maximum absolute atomic E-state index is 13.4. The number of ether oxygens (including phenoxy) is 3. The summed E-state index contributed by atoms with van der Waals surface area (Å²) in [4.78, 5) is 30.9. The second-order valence-electron chi connectivity index (χ2n) is 9.11. The van der Waals surface area contributed by atoms with Crippen LogP contribution in [-0.2, 0) is 20.9 Å². The van der Waals surface area contributed by atoms with Crippen molar-refractivity contribution in [2.24, 2.45) is 5.92 Å². The van der Waals surface area contributed by atoms with Crippen LogP contribution in [0.2, 0.25) is 0 Å². The summed E-state index contributed by atoms with van der Waals surface area (Å²) in [5, 5.41) is 3.06. The predicted octanol–water partition coefficient (Wildman–Crippen LogP) is 1.81. The van der Waals surface area contributed by atoms with Gasteiger partial charge in [0.15, 0.2) is 11.5 Å². The van der Waals surface area contributed by atoms with E-state index in [1.54, 1.807) is 7.11 Å². The maximum Gasteiger partial charge on any atom is 0.246 e. The first-order valence-electron chi connectivity index (χ1n) is 11.7. The van der Waals surface area contributed by atoms with Crippen molar-refractivity contribution < 1.29 is 23.8 Å². The Morgan fingerprint density at radius 1 is 1.19 bits per heavy atom. The molecule has 0 unspecified atom stereocenters. The first kappa shape index (κ1) is 22.9. The van der Waals surface area contributed by atoms with Crippen molar-refractivity contribution in [2.75, 3.05) is 46.6 Å². The number of piperazine rings is 1. The number of likely N-dealkylation sites (tertiary alicyclic amines) is 1. The zero-order valence-corrected chi connectivity index (χ0v) is 19.4. The molecular weight excluding hydrogens is 410 g/mol. The number of rotatable bonds is 7. The van der Waals surface area contributed by atoms with Gasteiger partial charge in [-0.3, -0.25) is 14.5 Å². The van der Waals surface area contributed by atoms with Crippen LogP contribution in [0.1, 0.15) is 38.7 Å². The molecule has 0 radical (unpaired) electrons. The molecule has 4 rings (SSSR count). The van der Waals surface area contributed by atoms with Gasteiger partial charge in [0.1, 0.15) is 24.8 Å². The molecule has 0 saturated carbocycles. The molecule has 32 heavy (non-hydrogen) atoms. The van der Waals surface area contributed by atoms with Gasteiger partial charge >= 0.3 is 0 Å². The van der Waals surface area contributed by atoms with E-state index in [-0.39, 0.29) is 17.7 Å². The summed E-state index contributed by atoms with van der Waals surface area (Å²) in [5.74, 6) is 1.69. The van der Waals surface area contributed by atoms with E-state index in [1.165, 1.54) is 0 Å². The smallest absolute Gasteiger partial charge is 0.246 e. The van der Waals surface area contributed by atoms with Crippen LogP contribution in [0.5, 0.6) is 11.5 Å². The molecule has 2 fully saturated rings.